The number of aryl methyl sites for hydroxylation is 1. The van der Waals surface area contributed by atoms with Crippen molar-refractivity contribution in [1.29, 1.82) is 0 Å². The highest BCUT2D eigenvalue weighted by molar-refractivity contribution is 5.75. The number of nitrogens with zero attached hydrogens (tertiary/aromatic N) is 3. The lowest BCUT2D eigenvalue weighted by atomic mass is 10.3. The second-order valence-corrected chi connectivity index (χ2v) is 4.48. The van der Waals surface area contributed by atoms with Crippen molar-refractivity contribution >= 4 is 16.7 Å². The molecule has 0 aliphatic rings. The highest BCUT2D eigenvalue weighted by Gasteiger charge is 2.08. The Balaban J connectivity index is 1.85. The number of hydrogen-bond donors (Lipinski definition) is 1. The minimum atomic E-state index is -0.476. The van der Waals surface area contributed by atoms with E-state index in [1.807, 2.05) is 18.2 Å². The Morgan fingerprint density at radius 3 is 2.80 bits per heavy atom. The number of anilines is 1. The Kier molecular flexibility index (Phi) is 3.33. The number of fused-ring (bicyclic) bond motifs is 1. The summed E-state index contributed by atoms with van der Waals surface area (Å²) >= 11 is 0. The van der Waals surface area contributed by atoms with Crippen LogP contribution in [0.4, 0.5) is 10.1 Å². The van der Waals surface area contributed by atoms with Gasteiger partial charge in [0.25, 0.3) is 0 Å². The molecular formula is C15H15FN4. The van der Waals surface area contributed by atoms with Crippen molar-refractivity contribution in [3.05, 3.63) is 54.4 Å². The fraction of sp³-hybridized carbons (Fsp3) is 0.200. The number of para-hydroxylation sites is 2. The Morgan fingerprint density at radius 2 is 2.05 bits per heavy atom. The largest absolute Gasteiger partial charge is 0.377 e. The van der Waals surface area contributed by atoms with Crippen LogP contribution < -0.4 is 5.32 Å². The van der Waals surface area contributed by atoms with E-state index in [0.717, 1.165) is 29.1 Å². The van der Waals surface area contributed by atoms with Gasteiger partial charge in [-0.05, 0) is 31.2 Å². The SMILES string of the molecule is CCn1c(CNc2ccc(F)nc2)nc2ccccc21. The van der Waals surface area contributed by atoms with Gasteiger partial charge >= 0.3 is 0 Å². The fourth-order valence-corrected chi connectivity index (χ4v) is 2.27. The smallest absolute Gasteiger partial charge is 0.212 e. The van der Waals surface area contributed by atoms with Crippen molar-refractivity contribution in [3.63, 3.8) is 0 Å². The van der Waals surface area contributed by atoms with Crippen LogP contribution in [0.2, 0.25) is 0 Å². The summed E-state index contributed by atoms with van der Waals surface area (Å²) in [6.45, 7) is 3.53. The number of benzene rings is 1. The number of pyridine rings is 1. The van der Waals surface area contributed by atoms with Crippen molar-refractivity contribution in [2.45, 2.75) is 20.0 Å². The topological polar surface area (TPSA) is 42.7 Å². The predicted octanol–water partition coefficient (Wildman–Crippen LogP) is 3.20. The van der Waals surface area contributed by atoms with Crippen LogP contribution in [0.15, 0.2) is 42.6 Å². The molecule has 0 atom stereocenters. The van der Waals surface area contributed by atoms with E-state index in [1.54, 1.807) is 6.07 Å². The molecule has 5 heteroatoms. The average molecular weight is 270 g/mol. The van der Waals surface area contributed by atoms with E-state index in [2.05, 4.69) is 32.8 Å². The molecule has 2 heterocycles. The van der Waals surface area contributed by atoms with Crippen LogP contribution >= 0.6 is 0 Å². The normalized spacial score (nSPS) is 10.9. The third-order valence-electron chi connectivity index (χ3n) is 3.23. The maximum absolute atomic E-state index is 12.8. The van der Waals surface area contributed by atoms with Gasteiger partial charge in [-0.1, -0.05) is 12.1 Å². The van der Waals surface area contributed by atoms with Crippen molar-refractivity contribution in [2.75, 3.05) is 5.32 Å². The van der Waals surface area contributed by atoms with E-state index in [-0.39, 0.29) is 0 Å². The Labute approximate surface area is 116 Å². The molecule has 102 valence electrons. The first-order chi connectivity index (χ1) is 9.78. The second kappa shape index (κ2) is 5.28. The molecule has 4 nitrogen and oxygen atoms in total. The zero-order valence-electron chi connectivity index (χ0n) is 11.2. The molecule has 1 aromatic carbocycles. The molecule has 3 aromatic rings. The van der Waals surface area contributed by atoms with Crippen LogP contribution in [0.1, 0.15) is 12.7 Å². The predicted molar refractivity (Wildman–Crippen MR) is 76.9 cm³/mol. The zero-order valence-corrected chi connectivity index (χ0v) is 11.2. The van der Waals surface area contributed by atoms with Gasteiger partial charge in [0.15, 0.2) is 0 Å². The summed E-state index contributed by atoms with van der Waals surface area (Å²) in [5.41, 5.74) is 2.90. The van der Waals surface area contributed by atoms with Crippen LogP contribution in [0.25, 0.3) is 11.0 Å². The van der Waals surface area contributed by atoms with Crippen molar-refractivity contribution in [3.8, 4) is 0 Å². The highest BCUT2D eigenvalue weighted by Crippen LogP contribution is 2.17. The van der Waals surface area contributed by atoms with Gasteiger partial charge in [0.2, 0.25) is 5.95 Å². The van der Waals surface area contributed by atoms with E-state index < -0.39 is 5.95 Å². The summed E-state index contributed by atoms with van der Waals surface area (Å²) in [4.78, 5) is 8.24. The summed E-state index contributed by atoms with van der Waals surface area (Å²) in [6, 6.07) is 11.1. The van der Waals surface area contributed by atoms with Crippen molar-refractivity contribution in [2.24, 2.45) is 0 Å². The fourth-order valence-electron chi connectivity index (χ4n) is 2.27. The second-order valence-electron chi connectivity index (χ2n) is 4.48. The lowest BCUT2D eigenvalue weighted by Crippen LogP contribution is -2.08. The molecule has 2 aromatic heterocycles. The Hall–Kier alpha value is -2.43. The van der Waals surface area contributed by atoms with Crippen molar-refractivity contribution < 1.29 is 4.39 Å². The van der Waals surface area contributed by atoms with Gasteiger partial charge in [0.1, 0.15) is 5.82 Å². The zero-order chi connectivity index (χ0) is 13.9. The quantitative estimate of drug-likeness (QED) is 0.740. The van der Waals surface area contributed by atoms with Gasteiger partial charge in [-0.25, -0.2) is 9.97 Å². The van der Waals surface area contributed by atoms with Crippen LogP contribution in [0.5, 0.6) is 0 Å². The van der Waals surface area contributed by atoms with Crippen LogP contribution in [0, 0.1) is 5.95 Å². The van der Waals surface area contributed by atoms with Crippen molar-refractivity contribution in [1.82, 2.24) is 14.5 Å². The lowest BCUT2D eigenvalue weighted by molar-refractivity contribution is 0.584. The summed E-state index contributed by atoms with van der Waals surface area (Å²) < 4.78 is 14.9. The maximum Gasteiger partial charge on any atom is 0.212 e. The molecule has 0 spiro atoms. The minimum absolute atomic E-state index is 0.476. The summed E-state index contributed by atoms with van der Waals surface area (Å²) in [6.07, 6.45) is 1.48. The molecule has 0 saturated heterocycles. The van der Waals surface area contributed by atoms with Gasteiger partial charge in [0.05, 0.1) is 29.5 Å². The standard InChI is InChI=1S/C15H15FN4/c1-2-20-13-6-4-3-5-12(13)19-15(20)10-17-11-7-8-14(16)18-9-11/h3-9,17H,2,10H2,1H3. The molecule has 0 aliphatic carbocycles. The van der Waals surface area contributed by atoms with E-state index in [0.29, 0.717) is 6.54 Å². The lowest BCUT2D eigenvalue weighted by Gasteiger charge is -2.08. The molecule has 0 saturated carbocycles. The third kappa shape index (κ3) is 2.34. The van der Waals surface area contributed by atoms with E-state index >= 15 is 0 Å². The van der Waals surface area contributed by atoms with Crippen LogP contribution in [-0.2, 0) is 13.1 Å². The van der Waals surface area contributed by atoms with Gasteiger partial charge < -0.3 is 9.88 Å². The van der Waals surface area contributed by atoms with E-state index in [9.17, 15) is 4.39 Å². The highest BCUT2D eigenvalue weighted by atomic mass is 19.1. The molecule has 1 N–H and O–H groups in total. The summed E-state index contributed by atoms with van der Waals surface area (Å²) in [5.74, 6) is 0.481. The number of imidazole rings is 1. The van der Waals surface area contributed by atoms with Gasteiger partial charge in [-0.2, -0.15) is 4.39 Å². The third-order valence-corrected chi connectivity index (χ3v) is 3.23. The van der Waals surface area contributed by atoms with Crippen LogP contribution in [-0.4, -0.2) is 14.5 Å². The number of nitrogens with one attached hydrogen (secondary N) is 1. The van der Waals surface area contributed by atoms with Gasteiger partial charge in [-0.3, -0.25) is 0 Å². The average Bonchev–Trinajstić information content (AvgIpc) is 2.84. The number of aromatic nitrogens is 3. The molecule has 0 bridgehead atoms. The Morgan fingerprint density at radius 1 is 1.20 bits per heavy atom. The molecule has 0 fully saturated rings. The molecule has 3 rings (SSSR count). The monoisotopic (exact) mass is 270 g/mol. The van der Waals surface area contributed by atoms with Crippen LogP contribution in [0.3, 0.4) is 0 Å². The first-order valence-electron chi connectivity index (χ1n) is 6.57. The molecule has 0 aliphatic heterocycles. The number of rotatable bonds is 4. The van der Waals surface area contributed by atoms with E-state index in [1.165, 1.54) is 12.3 Å². The summed E-state index contributed by atoms with van der Waals surface area (Å²) in [5, 5.41) is 3.21. The molecule has 0 amide bonds. The van der Waals surface area contributed by atoms with Gasteiger partial charge in [-0.15, -0.1) is 0 Å². The number of halogens is 1. The molecule has 0 unspecified atom stereocenters. The first kappa shape index (κ1) is 12.6. The molecular weight excluding hydrogens is 255 g/mol. The number of hydrogen-bond acceptors (Lipinski definition) is 3. The van der Waals surface area contributed by atoms with E-state index in [4.69, 9.17) is 0 Å². The van der Waals surface area contributed by atoms with Gasteiger partial charge in [0, 0.05) is 6.54 Å². The maximum atomic E-state index is 12.8. The Bertz CT molecular complexity index is 718. The molecule has 20 heavy (non-hydrogen) atoms. The summed E-state index contributed by atoms with van der Waals surface area (Å²) in [7, 11) is 0. The first-order valence-corrected chi connectivity index (χ1v) is 6.57. The molecule has 0 radical (unpaired) electrons. The minimum Gasteiger partial charge on any atom is -0.377 e.